The molecular weight excluding hydrogens is 344 g/mol. The summed E-state index contributed by atoms with van der Waals surface area (Å²) in [6.45, 7) is 1.05. The quantitative estimate of drug-likeness (QED) is 0.764. The molecule has 0 unspecified atom stereocenters. The molecule has 1 aliphatic heterocycles. The number of nitrogens with zero attached hydrogens (tertiary/aromatic N) is 1. The van der Waals surface area contributed by atoms with Crippen molar-refractivity contribution in [3.63, 3.8) is 0 Å². The highest BCUT2D eigenvalue weighted by Crippen LogP contribution is 2.49. The monoisotopic (exact) mass is 362 g/mol. The first-order valence-corrected chi connectivity index (χ1v) is 8.98. The Bertz CT molecular complexity index is 992. The number of carbonyl (C=O) groups excluding carboxylic acids is 1. The highest BCUT2D eigenvalue weighted by molar-refractivity contribution is 6.01. The lowest BCUT2D eigenvalue weighted by molar-refractivity contribution is -0.118. The van der Waals surface area contributed by atoms with Crippen molar-refractivity contribution in [1.82, 2.24) is 5.16 Å². The zero-order valence-corrected chi connectivity index (χ0v) is 14.6. The van der Waals surface area contributed by atoms with E-state index in [2.05, 4.69) is 10.5 Å². The summed E-state index contributed by atoms with van der Waals surface area (Å²) in [6, 6.07) is 17.0. The van der Waals surface area contributed by atoms with Gasteiger partial charge < -0.3 is 19.3 Å². The number of benzene rings is 2. The minimum absolute atomic E-state index is 0.0768. The third-order valence-electron chi connectivity index (χ3n) is 5.04. The predicted molar refractivity (Wildman–Crippen MR) is 98.9 cm³/mol. The third kappa shape index (κ3) is 2.83. The van der Waals surface area contributed by atoms with Crippen LogP contribution in [-0.4, -0.2) is 24.3 Å². The molecule has 6 nitrogen and oxygen atoms in total. The first kappa shape index (κ1) is 15.9. The number of hydrogen-bond acceptors (Lipinski definition) is 5. The number of anilines is 1. The molecule has 1 N–H and O–H groups in total. The van der Waals surface area contributed by atoms with Gasteiger partial charge in [0.05, 0.1) is 11.1 Å². The van der Waals surface area contributed by atoms with Gasteiger partial charge in [0.1, 0.15) is 13.2 Å². The van der Waals surface area contributed by atoms with Gasteiger partial charge in [-0.1, -0.05) is 35.5 Å². The van der Waals surface area contributed by atoms with E-state index in [0.717, 1.165) is 18.4 Å². The van der Waals surface area contributed by atoms with Crippen LogP contribution in [0.4, 0.5) is 5.69 Å². The molecule has 136 valence electrons. The van der Waals surface area contributed by atoms with E-state index in [1.165, 1.54) is 0 Å². The Balaban J connectivity index is 1.37. The maximum Gasteiger partial charge on any atom is 0.236 e. The highest BCUT2D eigenvalue weighted by Gasteiger charge is 2.53. The second-order valence-corrected chi connectivity index (χ2v) is 6.84. The molecule has 0 bridgehead atoms. The molecule has 1 amide bonds. The van der Waals surface area contributed by atoms with Gasteiger partial charge in [0, 0.05) is 23.4 Å². The van der Waals surface area contributed by atoms with Crippen molar-refractivity contribution in [2.24, 2.45) is 0 Å². The molecule has 0 atom stereocenters. The van der Waals surface area contributed by atoms with Crippen LogP contribution < -0.4 is 14.8 Å². The molecule has 2 aromatic carbocycles. The van der Waals surface area contributed by atoms with Gasteiger partial charge in [-0.2, -0.15) is 0 Å². The van der Waals surface area contributed by atoms with Crippen molar-refractivity contribution in [2.75, 3.05) is 18.5 Å². The lowest BCUT2D eigenvalue weighted by atomic mass is 10.00. The van der Waals surface area contributed by atoms with Crippen molar-refractivity contribution in [1.29, 1.82) is 0 Å². The maximum atomic E-state index is 12.9. The van der Waals surface area contributed by atoms with Crippen LogP contribution in [0, 0.1) is 0 Å². The largest absolute Gasteiger partial charge is 0.486 e. The smallest absolute Gasteiger partial charge is 0.236 e. The van der Waals surface area contributed by atoms with E-state index in [1.54, 1.807) is 6.07 Å². The van der Waals surface area contributed by atoms with Gasteiger partial charge >= 0.3 is 0 Å². The summed E-state index contributed by atoms with van der Waals surface area (Å²) in [5, 5.41) is 7.17. The van der Waals surface area contributed by atoms with Crippen LogP contribution in [0.15, 0.2) is 59.1 Å². The molecule has 1 fully saturated rings. The molecule has 0 spiro atoms. The zero-order valence-electron chi connectivity index (χ0n) is 14.6. The second-order valence-electron chi connectivity index (χ2n) is 6.84. The first-order chi connectivity index (χ1) is 13.2. The van der Waals surface area contributed by atoms with E-state index >= 15 is 0 Å². The fraction of sp³-hybridized carbons (Fsp3) is 0.238. The summed E-state index contributed by atoms with van der Waals surface area (Å²) in [7, 11) is 0. The molecule has 6 heteroatoms. The van der Waals surface area contributed by atoms with Crippen molar-refractivity contribution in [3.05, 3.63) is 60.3 Å². The second kappa shape index (κ2) is 6.16. The summed E-state index contributed by atoms with van der Waals surface area (Å²) >= 11 is 0. The van der Waals surface area contributed by atoms with Crippen LogP contribution in [-0.2, 0) is 10.2 Å². The fourth-order valence-electron chi connectivity index (χ4n) is 3.34. The Morgan fingerprint density at radius 2 is 1.74 bits per heavy atom. The third-order valence-corrected chi connectivity index (χ3v) is 5.04. The zero-order chi connectivity index (χ0) is 18.3. The minimum atomic E-state index is -0.621. The highest BCUT2D eigenvalue weighted by atomic mass is 16.6. The Morgan fingerprint density at radius 3 is 2.52 bits per heavy atom. The van der Waals surface area contributed by atoms with E-state index in [9.17, 15) is 4.79 Å². The molecule has 5 rings (SSSR count). The molecule has 2 heterocycles. The lowest BCUT2D eigenvalue weighted by Gasteiger charge is -2.19. The standard InChI is InChI=1S/C21H18N2O4/c24-20(22-15-6-7-16-18(12-15)26-11-10-25-16)21(8-9-21)19-13-17(27-23-19)14-4-2-1-3-5-14/h1-7,12-13H,8-11H2,(H,22,24). The molecule has 1 aromatic heterocycles. The van der Waals surface area contributed by atoms with Crippen LogP contribution in [0.5, 0.6) is 11.5 Å². The van der Waals surface area contributed by atoms with Gasteiger partial charge in [0.25, 0.3) is 0 Å². The summed E-state index contributed by atoms with van der Waals surface area (Å²) in [6.07, 6.45) is 1.51. The summed E-state index contributed by atoms with van der Waals surface area (Å²) < 4.78 is 16.6. The number of ether oxygens (including phenoxy) is 2. The Labute approximate surface area is 156 Å². The first-order valence-electron chi connectivity index (χ1n) is 8.98. The van der Waals surface area contributed by atoms with E-state index in [0.29, 0.717) is 41.9 Å². The number of rotatable bonds is 4. The van der Waals surface area contributed by atoms with Crippen LogP contribution in [0.3, 0.4) is 0 Å². The average molecular weight is 362 g/mol. The molecule has 2 aliphatic rings. The number of nitrogens with one attached hydrogen (secondary N) is 1. The normalized spacial score (nSPS) is 16.6. The molecule has 3 aromatic rings. The van der Waals surface area contributed by atoms with Gasteiger partial charge in [-0.05, 0) is 25.0 Å². The Kier molecular flexibility index (Phi) is 3.63. The van der Waals surface area contributed by atoms with Crippen LogP contribution in [0.25, 0.3) is 11.3 Å². The number of hydrogen-bond donors (Lipinski definition) is 1. The summed E-state index contributed by atoms with van der Waals surface area (Å²) in [5.41, 5.74) is 1.68. The molecule has 1 saturated carbocycles. The average Bonchev–Trinajstić information content (AvgIpc) is 3.38. The molecule has 0 saturated heterocycles. The number of amides is 1. The van der Waals surface area contributed by atoms with Gasteiger partial charge in [-0.15, -0.1) is 0 Å². The van der Waals surface area contributed by atoms with Crippen molar-refractivity contribution >= 4 is 11.6 Å². The van der Waals surface area contributed by atoms with Gasteiger partial charge in [0.15, 0.2) is 17.3 Å². The predicted octanol–water partition coefficient (Wildman–Crippen LogP) is 3.78. The summed E-state index contributed by atoms with van der Waals surface area (Å²) in [5.74, 6) is 1.94. The number of fused-ring (bicyclic) bond motifs is 1. The summed E-state index contributed by atoms with van der Waals surface area (Å²) in [4.78, 5) is 12.9. The van der Waals surface area contributed by atoms with E-state index in [-0.39, 0.29) is 5.91 Å². The fourth-order valence-corrected chi connectivity index (χ4v) is 3.34. The molecular formula is C21H18N2O4. The van der Waals surface area contributed by atoms with E-state index in [4.69, 9.17) is 14.0 Å². The Morgan fingerprint density at radius 1 is 0.963 bits per heavy atom. The lowest BCUT2D eigenvalue weighted by Crippen LogP contribution is -2.28. The molecule has 27 heavy (non-hydrogen) atoms. The van der Waals surface area contributed by atoms with Crippen LogP contribution in [0.2, 0.25) is 0 Å². The number of carbonyl (C=O) groups is 1. The minimum Gasteiger partial charge on any atom is -0.486 e. The maximum absolute atomic E-state index is 12.9. The van der Waals surface area contributed by atoms with Gasteiger partial charge in [-0.3, -0.25) is 4.79 Å². The Hall–Kier alpha value is -3.28. The van der Waals surface area contributed by atoms with Crippen LogP contribution >= 0.6 is 0 Å². The van der Waals surface area contributed by atoms with Crippen molar-refractivity contribution < 1.29 is 18.8 Å². The molecule has 0 radical (unpaired) electrons. The number of aromatic nitrogens is 1. The van der Waals surface area contributed by atoms with Gasteiger partial charge in [-0.25, -0.2) is 0 Å². The topological polar surface area (TPSA) is 73.6 Å². The van der Waals surface area contributed by atoms with E-state index < -0.39 is 5.41 Å². The van der Waals surface area contributed by atoms with Crippen molar-refractivity contribution in [2.45, 2.75) is 18.3 Å². The van der Waals surface area contributed by atoms with Crippen LogP contribution in [0.1, 0.15) is 18.5 Å². The molecule has 1 aliphatic carbocycles. The van der Waals surface area contributed by atoms with Gasteiger partial charge in [0.2, 0.25) is 5.91 Å². The van der Waals surface area contributed by atoms with Crippen molar-refractivity contribution in [3.8, 4) is 22.8 Å². The SMILES string of the molecule is O=C(Nc1ccc2c(c1)OCCO2)C1(c2cc(-c3ccccc3)on2)CC1. The van der Waals surface area contributed by atoms with E-state index in [1.807, 2.05) is 48.5 Å².